The zero-order valence-electron chi connectivity index (χ0n) is 14.6. The van der Waals surface area contributed by atoms with Gasteiger partial charge in [0, 0.05) is 11.1 Å². The van der Waals surface area contributed by atoms with Crippen LogP contribution in [0.4, 0.5) is 5.69 Å². The number of hydrogen-bond acceptors (Lipinski definition) is 3. The highest BCUT2D eigenvalue weighted by atomic mass is 16.5. The Morgan fingerprint density at radius 1 is 1.20 bits per heavy atom. The summed E-state index contributed by atoms with van der Waals surface area (Å²) in [5, 5.41) is 5.17. The maximum absolute atomic E-state index is 12.5. The van der Waals surface area contributed by atoms with Crippen LogP contribution >= 0.6 is 0 Å². The van der Waals surface area contributed by atoms with Crippen LogP contribution in [-0.4, -0.2) is 38.1 Å². The molecule has 5 heteroatoms. The quantitative estimate of drug-likeness (QED) is 0.813. The summed E-state index contributed by atoms with van der Waals surface area (Å²) in [6.07, 6.45) is 1.80. The number of amides is 1. The SMILES string of the molecule is CCOC(=O)[C@@H]1CCC[NH+](CC(=O)Nc2cccc3ccccc23)C1. The molecule has 0 bridgehead atoms. The summed E-state index contributed by atoms with van der Waals surface area (Å²) >= 11 is 0. The third kappa shape index (κ3) is 4.37. The molecule has 1 aliphatic heterocycles. The Labute approximate surface area is 148 Å². The van der Waals surface area contributed by atoms with Gasteiger partial charge in [0.2, 0.25) is 0 Å². The lowest BCUT2D eigenvalue weighted by Gasteiger charge is -2.28. The molecule has 2 N–H and O–H groups in total. The van der Waals surface area contributed by atoms with Gasteiger partial charge in [0.05, 0.1) is 19.7 Å². The van der Waals surface area contributed by atoms with Crippen LogP contribution in [0.1, 0.15) is 19.8 Å². The van der Waals surface area contributed by atoms with Gasteiger partial charge in [-0.1, -0.05) is 36.4 Å². The average molecular weight is 341 g/mol. The van der Waals surface area contributed by atoms with Crippen LogP contribution in [0.25, 0.3) is 10.8 Å². The average Bonchev–Trinajstić information content (AvgIpc) is 2.62. The van der Waals surface area contributed by atoms with Crippen LogP contribution in [-0.2, 0) is 14.3 Å². The molecule has 1 heterocycles. The van der Waals surface area contributed by atoms with Crippen molar-refractivity contribution in [1.29, 1.82) is 0 Å². The van der Waals surface area contributed by atoms with Gasteiger partial charge in [-0.25, -0.2) is 0 Å². The van der Waals surface area contributed by atoms with Crippen molar-refractivity contribution in [2.45, 2.75) is 19.8 Å². The second kappa shape index (κ2) is 8.12. The number of piperidine rings is 1. The van der Waals surface area contributed by atoms with Gasteiger partial charge >= 0.3 is 5.97 Å². The number of anilines is 1. The topological polar surface area (TPSA) is 59.8 Å². The largest absolute Gasteiger partial charge is 0.466 e. The fraction of sp³-hybridized carbons (Fsp3) is 0.400. The highest BCUT2D eigenvalue weighted by Gasteiger charge is 2.30. The van der Waals surface area contributed by atoms with E-state index < -0.39 is 0 Å². The molecular formula is C20H25N2O3+. The van der Waals surface area contributed by atoms with Crippen molar-refractivity contribution >= 4 is 28.3 Å². The molecule has 1 saturated heterocycles. The van der Waals surface area contributed by atoms with Crippen molar-refractivity contribution in [3.05, 3.63) is 42.5 Å². The molecule has 2 aromatic rings. The molecular weight excluding hydrogens is 316 g/mol. The molecule has 0 spiro atoms. The summed E-state index contributed by atoms with van der Waals surface area (Å²) in [4.78, 5) is 25.6. The minimum absolute atomic E-state index is 0.0177. The monoisotopic (exact) mass is 341 g/mol. The fourth-order valence-electron chi connectivity index (χ4n) is 3.53. The molecule has 132 valence electrons. The van der Waals surface area contributed by atoms with E-state index in [-0.39, 0.29) is 17.8 Å². The third-order valence-electron chi connectivity index (χ3n) is 4.71. The predicted octanol–water partition coefficient (Wildman–Crippen LogP) is 1.64. The lowest BCUT2D eigenvalue weighted by atomic mass is 9.98. The summed E-state index contributed by atoms with van der Waals surface area (Å²) in [6, 6.07) is 13.9. The number of benzene rings is 2. The first kappa shape index (κ1) is 17.4. The van der Waals surface area contributed by atoms with Gasteiger partial charge < -0.3 is 15.0 Å². The van der Waals surface area contributed by atoms with E-state index >= 15 is 0 Å². The molecule has 1 amide bonds. The molecule has 0 saturated carbocycles. The summed E-state index contributed by atoms with van der Waals surface area (Å²) in [6.45, 7) is 4.19. The number of likely N-dealkylation sites (tertiary alicyclic amines) is 1. The standard InChI is InChI=1S/C20H24N2O3/c1-2-25-20(24)16-9-6-12-22(13-16)14-19(23)21-18-11-5-8-15-7-3-4-10-17(15)18/h3-5,7-8,10-11,16H,2,6,9,12-14H2,1H3,(H,21,23)/p+1/t16-/m1/s1. The highest BCUT2D eigenvalue weighted by molar-refractivity contribution is 6.02. The lowest BCUT2D eigenvalue weighted by Crippen LogP contribution is -3.14. The predicted molar refractivity (Wildman–Crippen MR) is 97.5 cm³/mol. The van der Waals surface area contributed by atoms with E-state index in [0.717, 1.165) is 40.7 Å². The Morgan fingerprint density at radius 2 is 2.00 bits per heavy atom. The number of carbonyl (C=O) groups is 2. The van der Waals surface area contributed by atoms with Crippen LogP contribution in [0.15, 0.2) is 42.5 Å². The van der Waals surface area contributed by atoms with E-state index in [2.05, 4.69) is 5.32 Å². The molecule has 0 radical (unpaired) electrons. The minimum Gasteiger partial charge on any atom is -0.466 e. The van der Waals surface area contributed by atoms with Crippen molar-refractivity contribution in [2.75, 3.05) is 31.6 Å². The highest BCUT2D eigenvalue weighted by Crippen LogP contribution is 2.22. The number of carbonyl (C=O) groups excluding carboxylic acids is 2. The number of esters is 1. The van der Waals surface area contributed by atoms with Gasteiger partial charge in [0.1, 0.15) is 5.92 Å². The molecule has 5 nitrogen and oxygen atoms in total. The molecule has 0 aliphatic carbocycles. The fourth-order valence-corrected chi connectivity index (χ4v) is 3.53. The number of rotatable bonds is 5. The molecule has 2 aromatic carbocycles. The van der Waals surface area contributed by atoms with Crippen LogP contribution in [0.3, 0.4) is 0 Å². The van der Waals surface area contributed by atoms with Crippen molar-refractivity contribution in [3.63, 3.8) is 0 Å². The zero-order valence-corrected chi connectivity index (χ0v) is 14.6. The normalized spacial score (nSPS) is 20.2. The van der Waals surface area contributed by atoms with E-state index in [4.69, 9.17) is 4.74 Å². The van der Waals surface area contributed by atoms with E-state index in [9.17, 15) is 9.59 Å². The Hall–Kier alpha value is -2.40. The van der Waals surface area contributed by atoms with E-state index in [1.807, 2.05) is 49.4 Å². The third-order valence-corrected chi connectivity index (χ3v) is 4.71. The second-order valence-corrected chi connectivity index (χ2v) is 6.55. The van der Waals surface area contributed by atoms with Gasteiger partial charge in [0.25, 0.3) is 5.91 Å². The van der Waals surface area contributed by atoms with Crippen LogP contribution < -0.4 is 10.2 Å². The number of nitrogens with one attached hydrogen (secondary N) is 2. The van der Waals surface area contributed by atoms with Crippen molar-refractivity contribution < 1.29 is 19.2 Å². The van der Waals surface area contributed by atoms with E-state index in [0.29, 0.717) is 19.7 Å². The zero-order chi connectivity index (χ0) is 17.6. The molecule has 1 aliphatic rings. The number of quaternary nitrogens is 1. The van der Waals surface area contributed by atoms with Gasteiger partial charge in [-0.05, 0) is 31.2 Å². The molecule has 3 rings (SSSR count). The number of fused-ring (bicyclic) bond motifs is 1. The maximum atomic E-state index is 12.5. The Balaban J connectivity index is 1.61. The van der Waals surface area contributed by atoms with Crippen LogP contribution in [0, 0.1) is 5.92 Å². The van der Waals surface area contributed by atoms with Crippen molar-refractivity contribution in [2.24, 2.45) is 5.92 Å². The van der Waals surface area contributed by atoms with Crippen molar-refractivity contribution in [3.8, 4) is 0 Å². The first-order valence-electron chi connectivity index (χ1n) is 8.95. The Bertz CT molecular complexity index is 754. The van der Waals surface area contributed by atoms with Gasteiger partial charge in [-0.15, -0.1) is 0 Å². The second-order valence-electron chi connectivity index (χ2n) is 6.55. The first-order valence-corrected chi connectivity index (χ1v) is 8.95. The van der Waals surface area contributed by atoms with Crippen molar-refractivity contribution in [1.82, 2.24) is 0 Å². The van der Waals surface area contributed by atoms with Gasteiger partial charge in [0.15, 0.2) is 6.54 Å². The molecule has 25 heavy (non-hydrogen) atoms. The minimum atomic E-state index is -0.130. The van der Waals surface area contributed by atoms with Crippen LogP contribution in [0.5, 0.6) is 0 Å². The maximum Gasteiger partial charge on any atom is 0.314 e. The Morgan fingerprint density at radius 3 is 2.84 bits per heavy atom. The summed E-state index contributed by atoms with van der Waals surface area (Å²) in [5.74, 6) is -0.237. The van der Waals surface area contributed by atoms with Gasteiger partial charge in [-0.3, -0.25) is 9.59 Å². The summed E-state index contributed by atoms with van der Waals surface area (Å²) in [7, 11) is 0. The lowest BCUT2D eigenvalue weighted by molar-refractivity contribution is -0.899. The smallest absolute Gasteiger partial charge is 0.314 e. The number of hydrogen-bond donors (Lipinski definition) is 2. The number of ether oxygens (including phenoxy) is 1. The molecule has 0 aromatic heterocycles. The van der Waals surface area contributed by atoms with E-state index in [1.54, 1.807) is 0 Å². The molecule has 2 atom stereocenters. The summed E-state index contributed by atoms with van der Waals surface area (Å²) < 4.78 is 5.13. The summed E-state index contributed by atoms with van der Waals surface area (Å²) in [5.41, 5.74) is 0.835. The van der Waals surface area contributed by atoms with Crippen LogP contribution in [0.2, 0.25) is 0 Å². The van der Waals surface area contributed by atoms with Gasteiger partial charge in [-0.2, -0.15) is 0 Å². The molecule has 1 unspecified atom stereocenters. The van der Waals surface area contributed by atoms with E-state index in [1.165, 1.54) is 0 Å². The first-order chi connectivity index (χ1) is 12.2. The molecule has 1 fully saturated rings. The Kier molecular flexibility index (Phi) is 5.66.